The fourth-order valence-corrected chi connectivity index (χ4v) is 4.13. The normalized spacial score (nSPS) is 25.6. The summed E-state index contributed by atoms with van der Waals surface area (Å²) in [6.45, 7) is 4.15. The van der Waals surface area contributed by atoms with Crippen molar-refractivity contribution in [1.82, 2.24) is 0 Å². The van der Waals surface area contributed by atoms with Crippen molar-refractivity contribution in [1.29, 1.82) is 0 Å². The van der Waals surface area contributed by atoms with Crippen molar-refractivity contribution in [2.45, 2.75) is 122 Å². The molecular weight excluding hydrogens is 420 g/mol. The standard InChI is InChI=1S/C27H44O6/c1-3-4-5-6-7-8-12-15-23(28)19-25-20-24(29)16-21(2)13-10-9-11-14-22(17-26(30)31)18-27(32)33-25/h9,11,13,18,23-25,28-29H,3-8,10,12,14-17,19-20H2,1-2H3,(H,30,31)/b11-9-,21-13+,22-18+. The van der Waals surface area contributed by atoms with Crippen molar-refractivity contribution in [3.63, 3.8) is 0 Å². The Hall–Kier alpha value is -1.92. The van der Waals surface area contributed by atoms with Crippen LogP contribution in [0.15, 0.2) is 35.5 Å². The molecule has 0 amide bonds. The van der Waals surface area contributed by atoms with Crippen LogP contribution >= 0.6 is 0 Å². The summed E-state index contributed by atoms with van der Waals surface area (Å²) in [5.74, 6) is -1.62. The second-order valence-corrected chi connectivity index (χ2v) is 9.29. The number of aliphatic hydroxyl groups is 2. The van der Waals surface area contributed by atoms with Crippen molar-refractivity contribution in [3.05, 3.63) is 35.5 Å². The lowest BCUT2D eigenvalue weighted by Crippen LogP contribution is -2.28. The van der Waals surface area contributed by atoms with Gasteiger partial charge in [0.1, 0.15) is 6.10 Å². The zero-order valence-electron chi connectivity index (χ0n) is 20.5. The summed E-state index contributed by atoms with van der Waals surface area (Å²) in [5.41, 5.74) is 1.50. The molecule has 0 aromatic carbocycles. The summed E-state index contributed by atoms with van der Waals surface area (Å²) >= 11 is 0. The van der Waals surface area contributed by atoms with E-state index < -0.39 is 30.3 Å². The Balaban J connectivity index is 2.74. The summed E-state index contributed by atoms with van der Waals surface area (Å²) in [5, 5.41) is 30.2. The number of aliphatic carboxylic acids is 1. The van der Waals surface area contributed by atoms with Gasteiger partial charge in [0.2, 0.25) is 0 Å². The highest BCUT2D eigenvalue weighted by Crippen LogP contribution is 2.20. The third-order valence-corrected chi connectivity index (χ3v) is 5.90. The molecule has 0 fully saturated rings. The Morgan fingerprint density at radius 2 is 1.85 bits per heavy atom. The summed E-state index contributed by atoms with van der Waals surface area (Å²) in [6.07, 6.45) is 15.7. The zero-order valence-corrected chi connectivity index (χ0v) is 20.5. The molecule has 0 aliphatic carbocycles. The molecule has 0 aromatic heterocycles. The molecule has 6 heteroatoms. The van der Waals surface area contributed by atoms with Gasteiger partial charge in [0.25, 0.3) is 0 Å². The van der Waals surface area contributed by atoms with Gasteiger partial charge in [-0.15, -0.1) is 0 Å². The van der Waals surface area contributed by atoms with Gasteiger partial charge in [-0.1, -0.05) is 75.7 Å². The van der Waals surface area contributed by atoms with E-state index in [1.807, 2.05) is 25.2 Å². The summed E-state index contributed by atoms with van der Waals surface area (Å²) in [4.78, 5) is 23.7. The number of carbonyl (C=O) groups excluding carboxylic acids is 1. The summed E-state index contributed by atoms with van der Waals surface area (Å²) < 4.78 is 5.58. The van der Waals surface area contributed by atoms with Crippen LogP contribution in [0.4, 0.5) is 0 Å². The minimum atomic E-state index is -1.00. The van der Waals surface area contributed by atoms with Gasteiger partial charge in [0.15, 0.2) is 0 Å². The largest absolute Gasteiger partial charge is 0.481 e. The van der Waals surface area contributed by atoms with Crippen molar-refractivity contribution in [3.8, 4) is 0 Å². The Morgan fingerprint density at radius 3 is 2.55 bits per heavy atom. The lowest BCUT2D eigenvalue weighted by atomic mass is 9.97. The van der Waals surface area contributed by atoms with Crippen molar-refractivity contribution in [2.24, 2.45) is 0 Å². The number of hydrogen-bond acceptors (Lipinski definition) is 5. The molecule has 0 aromatic rings. The molecule has 0 saturated carbocycles. The molecule has 1 heterocycles. The van der Waals surface area contributed by atoms with E-state index >= 15 is 0 Å². The number of aliphatic hydroxyl groups excluding tert-OH is 2. The van der Waals surface area contributed by atoms with Gasteiger partial charge in [0, 0.05) is 18.9 Å². The second kappa shape index (κ2) is 17.5. The minimum Gasteiger partial charge on any atom is -0.481 e. The number of carboxylic acids is 1. The molecule has 6 nitrogen and oxygen atoms in total. The van der Waals surface area contributed by atoms with E-state index in [1.165, 1.54) is 38.2 Å². The summed E-state index contributed by atoms with van der Waals surface area (Å²) in [7, 11) is 0. The van der Waals surface area contributed by atoms with Crippen LogP contribution in [0, 0.1) is 0 Å². The highest BCUT2D eigenvalue weighted by atomic mass is 16.5. The quantitative estimate of drug-likeness (QED) is 0.196. The van der Waals surface area contributed by atoms with Gasteiger partial charge in [0.05, 0.1) is 18.6 Å². The molecule has 3 unspecified atom stereocenters. The smallest absolute Gasteiger partial charge is 0.331 e. The fraction of sp³-hybridized carbons (Fsp3) is 0.704. The second-order valence-electron chi connectivity index (χ2n) is 9.29. The molecule has 0 spiro atoms. The Morgan fingerprint density at radius 1 is 1.15 bits per heavy atom. The molecule has 0 radical (unpaired) electrons. The molecule has 0 saturated heterocycles. The lowest BCUT2D eigenvalue weighted by Gasteiger charge is -2.23. The van der Waals surface area contributed by atoms with Gasteiger partial charge < -0.3 is 20.1 Å². The Kier molecular flexibility index (Phi) is 15.5. The molecule has 188 valence electrons. The third kappa shape index (κ3) is 15.5. The van der Waals surface area contributed by atoms with E-state index in [0.717, 1.165) is 18.4 Å². The minimum absolute atomic E-state index is 0.234. The number of carboxylic acid groups (broad SMARTS) is 1. The van der Waals surface area contributed by atoms with Gasteiger partial charge in [-0.3, -0.25) is 4.79 Å². The molecule has 1 rings (SSSR count). The van der Waals surface area contributed by atoms with Gasteiger partial charge in [-0.2, -0.15) is 0 Å². The molecule has 1 aliphatic heterocycles. The average Bonchev–Trinajstić information content (AvgIpc) is 2.71. The molecular formula is C27H44O6. The number of esters is 1. The molecule has 3 N–H and O–H groups in total. The first-order valence-electron chi connectivity index (χ1n) is 12.6. The van der Waals surface area contributed by atoms with Crippen LogP contribution in [0.2, 0.25) is 0 Å². The maximum Gasteiger partial charge on any atom is 0.331 e. The highest BCUT2D eigenvalue weighted by Gasteiger charge is 2.22. The maximum atomic E-state index is 12.5. The van der Waals surface area contributed by atoms with E-state index in [-0.39, 0.29) is 19.3 Å². The first-order valence-corrected chi connectivity index (χ1v) is 12.6. The van der Waals surface area contributed by atoms with E-state index in [4.69, 9.17) is 9.84 Å². The van der Waals surface area contributed by atoms with Crippen LogP contribution in [-0.2, 0) is 14.3 Å². The molecule has 1 aliphatic rings. The van der Waals surface area contributed by atoms with Crippen LogP contribution in [-0.4, -0.2) is 45.6 Å². The number of allylic oxidation sites excluding steroid dienone is 3. The fourth-order valence-electron chi connectivity index (χ4n) is 4.13. The third-order valence-electron chi connectivity index (χ3n) is 5.90. The number of unbranched alkanes of at least 4 members (excludes halogenated alkanes) is 6. The van der Waals surface area contributed by atoms with Gasteiger partial charge in [-0.05, 0) is 38.2 Å². The van der Waals surface area contributed by atoms with Crippen molar-refractivity contribution < 1.29 is 29.6 Å². The maximum absolute atomic E-state index is 12.5. The van der Waals surface area contributed by atoms with Crippen LogP contribution in [0.3, 0.4) is 0 Å². The molecule has 33 heavy (non-hydrogen) atoms. The zero-order chi connectivity index (χ0) is 24.5. The predicted octanol–water partition coefficient (Wildman–Crippen LogP) is 5.63. The van der Waals surface area contributed by atoms with Crippen LogP contribution < -0.4 is 0 Å². The lowest BCUT2D eigenvalue weighted by molar-refractivity contribution is -0.146. The molecule has 3 atom stereocenters. The average molecular weight is 465 g/mol. The number of carbonyl (C=O) groups is 2. The topological polar surface area (TPSA) is 104 Å². The van der Waals surface area contributed by atoms with Gasteiger partial charge >= 0.3 is 11.9 Å². The van der Waals surface area contributed by atoms with E-state index in [1.54, 1.807) is 0 Å². The first kappa shape index (κ1) is 29.1. The van der Waals surface area contributed by atoms with Crippen LogP contribution in [0.25, 0.3) is 0 Å². The molecule has 0 bridgehead atoms. The van der Waals surface area contributed by atoms with E-state index in [2.05, 4.69) is 6.92 Å². The monoisotopic (exact) mass is 464 g/mol. The number of hydrogen-bond donors (Lipinski definition) is 3. The highest BCUT2D eigenvalue weighted by molar-refractivity contribution is 5.84. The first-order chi connectivity index (χ1) is 15.8. The Labute approximate surface area is 199 Å². The summed E-state index contributed by atoms with van der Waals surface area (Å²) in [6, 6.07) is 0. The van der Waals surface area contributed by atoms with E-state index in [0.29, 0.717) is 31.3 Å². The number of cyclic esters (lactones) is 1. The van der Waals surface area contributed by atoms with E-state index in [9.17, 15) is 19.8 Å². The van der Waals surface area contributed by atoms with Crippen LogP contribution in [0.1, 0.15) is 104 Å². The van der Waals surface area contributed by atoms with Crippen LogP contribution in [0.5, 0.6) is 0 Å². The van der Waals surface area contributed by atoms with Gasteiger partial charge in [-0.25, -0.2) is 4.79 Å². The van der Waals surface area contributed by atoms with Crippen molar-refractivity contribution in [2.75, 3.05) is 0 Å². The van der Waals surface area contributed by atoms with Crippen molar-refractivity contribution >= 4 is 11.9 Å². The number of ether oxygens (including phenoxy) is 1. The Bertz CT molecular complexity index is 664. The number of rotatable bonds is 12. The SMILES string of the molecule is CCCCCCCCCC(O)CC1CC(O)C/C(C)=C/C/C=C\C/C(CC(=O)O)=C\C(=O)O1. The predicted molar refractivity (Wildman–Crippen MR) is 131 cm³/mol.